The Bertz CT molecular complexity index is 406. The number of piperazine rings is 1. The first-order chi connectivity index (χ1) is 9.13. The van der Waals surface area contributed by atoms with E-state index in [0.29, 0.717) is 24.4 Å². The number of anilines is 1. The monoisotopic (exact) mass is 260 g/mol. The average Bonchev–Trinajstić information content (AvgIpc) is 2.39. The normalized spacial score (nSPS) is 23.5. The van der Waals surface area contributed by atoms with Crippen LogP contribution in [-0.2, 0) is 4.79 Å². The molecule has 1 fully saturated rings. The minimum absolute atomic E-state index is 0.300. The maximum atomic E-state index is 12.0. The van der Waals surface area contributed by atoms with Crippen LogP contribution in [0.3, 0.4) is 0 Å². The first-order valence-corrected chi connectivity index (χ1v) is 7.24. The van der Waals surface area contributed by atoms with Gasteiger partial charge in [-0.1, -0.05) is 25.1 Å². The van der Waals surface area contributed by atoms with Gasteiger partial charge in [0.15, 0.2) is 0 Å². The van der Waals surface area contributed by atoms with Crippen LogP contribution in [0.15, 0.2) is 30.3 Å². The van der Waals surface area contributed by atoms with Crippen molar-refractivity contribution in [2.45, 2.75) is 45.7 Å². The zero-order valence-corrected chi connectivity index (χ0v) is 12.2. The van der Waals surface area contributed by atoms with Gasteiger partial charge in [0.2, 0.25) is 5.91 Å². The Kier molecular flexibility index (Phi) is 4.46. The van der Waals surface area contributed by atoms with Crippen molar-refractivity contribution in [2.75, 3.05) is 18.0 Å². The molecule has 1 saturated heterocycles. The molecule has 2 atom stereocenters. The highest BCUT2D eigenvalue weighted by Crippen LogP contribution is 2.24. The Morgan fingerprint density at radius 2 is 1.74 bits per heavy atom. The van der Waals surface area contributed by atoms with E-state index >= 15 is 0 Å². The van der Waals surface area contributed by atoms with Crippen molar-refractivity contribution >= 4 is 11.6 Å². The van der Waals surface area contributed by atoms with Gasteiger partial charge < -0.3 is 9.80 Å². The van der Waals surface area contributed by atoms with Gasteiger partial charge in [0.1, 0.15) is 0 Å². The molecule has 19 heavy (non-hydrogen) atoms. The predicted octanol–water partition coefficient (Wildman–Crippen LogP) is 2.91. The molecule has 0 radical (unpaired) electrons. The molecule has 1 heterocycles. The highest BCUT2D eigenvalue weighted by molar-refractivity contribution is 5.76. The number of carbonyl (C=O) groups is 1. The SMILES string of the molecule is CCCC(=O)N1CC(C)N(c2ccccc2)C(C)C1. The fraction of sp³-hybridized carbons (Fsp3) is 0.562. The van der Waals surface area contributed by atoms with Gasteiger partial charge in [0.25, 0.3) is 0 Å². The van der Waals surface area contributed by atoms with Gasteiger partial charge in [-0.3, -0.25) is 4.79 Å². The number of benzene rings is 1. The van der Waals surface area contributed by atoms with Gasteiger partial charge in [-0.05, 0) is 32.4 Å². The molecule has 104 valence electrons. The number of para-hydroxylation sites is 1. The topological polar surface area (TPSA) is 23.6 Å². The molecule has 2 unspecified atom stereocenters. The highest BCUT2D eigenvalue weighted by Gasteiger charge is 2.31. The molecular formula is C16H24N2O. The van der Waals surface area contributed by atoms with Crippen LogP contribution in [0.4, 0.5) is 5.69 Å². The van der Waals surface area contributed by atoms with Crippen LogP contribution in [0.5, 0.6) is 0 Å². The second kappa shape index (κ2) is 6.09. The van der Waals surface area contributed by atoms with E-state index in [-0.39, 0.29) is 0 Å². The van der Waals surface area contributed by atoms with Crippen molar-refractivity contribution in [1.29, 1.82) is 0 Å². The van der Waals surface area contributed by atoms with E-state index in [1.165, 1.54) is 5.69 Å². The van der Waals surface area contributed by atoms with Gasteiger partial charge in [0.05, 0.1) is 0 Å². The summed E-state index contributed by atoms with van der Waals surface area (Å²) in [5.41, 5.74) is 1.25. The first kappa shape index (κ1) is 13.9. The summed E-state index contributed by atoms with van der Waals surface area (Å²) < 4.78 is 0. The third kappa shape index (κ3) is 3.09. The number of rotatable bonds is 3. The maximum Gasteiger partial charge on any atom is 0.222 e. The Morgan fingerprint density at radius 1 is 1.16 bits per heavy atom. The zero-order chi connectivity index (χ0) is 13.8. The smallest absolute Gasteiger partial charge is 0.222 e. The predicted molar refractivity (Wildman–Crippen MR) is 79.3 cm³/mol. The third-order valence-corrected chi connectivity index (χ3v) is 3.79. The molecule has 0 N–H and O–H groups in total. The van der Waals surface area contributed by atoms with Crippen LogP contribution in [0.2, 0.25) is 0 Å². The molecular weight excluding hydrogens is 236 g/mol. The van der Waals surface area contributed by atoms with Gasteiger partial charge in [0, 0.05) is 37.3 Å². The molecule has 3 nitrogen and oxygen atoms in total. The molecule has 0 spiro atoms. The molecule has 0 saturated carbocycles. The van der Waals surface area contributed by atoms with Crippen molar-refractivity contribution in [2.24, 2.45) is 0 Å². The quantitative estimate of drug-likeness (QED) is 0.834. The van der Waals surface area contributed by atoms with Crippen molar-refractivity contribution in [3.8, 4) is 0 Å². The number of hydrogen-bond donors (Lipinski definition) is 0. The van der Waals surface area contributed by atoms with Crippen molar-refractivity contribution in [3.05, 3.63) is 30.3 Å². The Labute approximate surface area is 116 Å². The summed E-state index contributed by atoms with van der Waals surface area (Å²) in [6.07, 6.45) is 1.60. The standard InChI is InChI=1S/C16H24N2O/c1-4-8-16(19)17-11-13(2)18(14(3)12-17)15-9-6-5-7-10-15/h5-7,9-10,13-14H,4,8,11-12H2,1-3H3. The van der Waals surface area contributed by atoms with Crippen LogP contribution >= 0.6 is 0 Å². The fourth-order valence-electron chi connectivity index (χ4n) is 3.01. The summed E-state index contributed by atoms with van der Waals surface area (Å²) in [4.78, 5) is 16.5. The van der Waals surface area contributed by atoms with E-state index in [0.717, 1.165) is 19.5 Å². The van der Waals surface area contributed by atoms with E-state index in [4.69, 9.17) is 0 Å². The lowest BCUT2D eigenvalue weighted by Gasteiger charge is -2.46. The second-order valence-corrected chi connectivity index (χ2v) is 5.49. The van der Waals surface area contributed by atoms with E-state index < -0.39 is 0 Å². The average molecular weight is 260 g/mol. The summed E-state index contributed by atoms with van der Waals surface area (Å²) in [6.45, 7) is 8.13. The van der Waals surface area contributed by atoms with E-state index in [1.54, 1.807) is 0 Å². The molecule has 1 amide bonds. The molecule has 0 bridgehead atoms. The molecule has 3 heteroatoms. The lowest BCUT2D eigenvalue weighted by molar-refractivity contribution is -0.132. The maximum absolute atomic E-state index is 12.0. The van der Waals surface area contributed by atoms with Crippen LogP contribution in [0.1, 0.15) is 33.6 Å². The van der Waals surface area contributed by atoms with Gasteiger partial charge in [-0.2, -0.15) is 0 Å². The van der Waals surface area contributed by atoms with Crippen molar-refractivity contribution in [1.82, 2.24) is 4.90 Å². The van der Waals surface area contributed by atoms with E-state index in [1.807, 2.05) is 11.0 Å². The third-order valence-electron chi connectivity index (χ3n) is 3.79. The van der Waals surface area contributed by atoms with Gasteiger partial charge >= 0.3 is 0 Å². The summed E-state index contributed by atoms with van der Waals surface area (Å²) in [6, 6.07) is 11.2. The van der Waals surface area contributed by atoms with Crippen LogP contribution in [0.25, 0.3) is 0 Å². The van der Waals surface area contributed by atoms with Gasteiger partial charge in [-0.15, -0.1) is 0 Å². The fourth-order valence-corrected chi connectivity index (χ4v) is 3.01. The molecule has 0 aromatic heterocycles. The molecule has 1 aliphatic heterocycles. The Hall–Kier alpha value is -1.51. The molecule has 1 aromatic rings. The first-order valence-electron chi connectivity index (χ1n) is 7.24. The summed E-state index contributed by atoms with van der Waals surface area (Å²) in [5.74, 6) is 0.300. The zero-order valence-electron chi connectivity index (χ0n) is 12.2. The second-order valence-electron chi connectivity index (χ2n) is 5.49. The van der Waals surface area contributed by atoms with E-state index in [2.05, 4.69) is 49.9 Å². The number of carbonyl (C=O) groups excluding carboxylic acids is 1. The van der Waals surface area contributed by atoms with Crippen LogP contribution in [-0.4, -0.2) is 36.0 Å². The van der Waals surface area contributed by atoms with Crippen LogP contribution in [0, 0.1) is 0 Å². The minimum Gasteiger partial charge on any atom is -0.363 e. The number of hydrogen-bond acceptors (Lipinski definition) is 2. The highest BCUT2D eigenvalue weighted by atomic mass is 16.2. The van der Waals surface area contributed by atoms with Crippen molar-refractivity contribution < 1.29 is 4.79 Å². The Morgan fingerprint density at radius 3 is 2.26 bits per heavy atom. The summed E-state index contributed by atoms with van der Waals surface area (Å²) >= 11 is 0. The largest absolute Gasteiger partial charge is 0.363 e. The molecule has 1 aliphatic rings. The number of nitrogens with zero attached hydrogens (tertiary/aromatic N) is 2. The molecule has 1 aromatic carbocycles. The minimum atomic E-state index is 0.300. The van der Waals surface area contributed by atoms with Crippen molar-refractivity contribution in [3.63, 3.8) is 0 Å². The van der Waals surface area contributed by atoms with E-state index in [9.17, 15) is 4.79 Å². The van der Waals surface area contributed by atoms with Gasteiger partial charge in [-0.25, -0.2) is 0 Å². The summed E-state index contributed by atoms with van der Waals surface area (Å²) in [5, 5.41) is 0. The van der Waals surface area contributed by atoms with Crippen LogP contribution < -0.4 is 4.90 Å². The summed E-state index contributed by atoms with van der Waals surface area (Å²) in [7, 11) is 0. The lowest BCUT2D eigenvalue weighted by Crippen LogP contribution is -2.58. The molecule has 2 rings (SSSR count). The lowest BCUT2D eigenvalue weighted by atomic mass is 10.1. The molecule has 0 aliphatic carbocycles. The Balaban J connectivity index is 2.09. The number of amides is 1.